The van der Waals surface area contributed by atoms with Crippen LogP contribution in [0.1, 0.15) is 16.8 Å². The van der Waals surface area contributed by atoms with Crippen LogP contribution in [0.2, 0.25) is 5.02 Å². The summed E-state index contributed by atoms with van der Waals surface area (Å²) in [6.45, 7) is 0.0684. The van der Waals surface area contributed by atoms with Crippen molar-refractivity contribution < 1.29 is 19.0 Å². The Labute approximate surface area is 226 Å². The molecule has 0 saturated heterocycles. The van der Waals surface area contributed by atoms with E-state index >= 15 is 0 Å². The number of fused-ring (bicyclic) bond motifs is 5. The second kappa shape index (κ2) is 9.89. The summed E-state index contributed by atoms with van der Waals surface area (Å²) in [5.41, 5.74) is 3.85. The first kappa shape index (κ1) is 24.1. The number of rotatable bonds is 7. The van der Waals surface area contributed by atoms with E-state index in [9.17, 15) is 9.18 Å². The third-order valence-electron chi connectivity index (χ3n) is 6.06. The van der Waals surface area contributed by atoms with Gasteiger partial charge >= 0.3 is 227 Å². The Morgan fingerprint density at radius 3 is 2.92 bits per heavy atom. The molecule has 37 heavy (non-hydrogen) atoms. The molecule has 3 aromatic heterocycles. The normalized spacial score (nSPS) is 12.7. The molecule has 7 nitrogen and oxygen atoms in total. The van der Waals surface area contributed by atoms with Gasteiger partial charge in [-0.15, -0.1) is 0 Å². The predicted octanol–water partition coefficient (Wildman–Crippen LogP) is 3.50. The number of aliphatic carboxylic acids is 1. The number of aromatic nitrogens is 4. The Balaban J connectivity index is 1.27. The molecule has 11 heteroatoms. The molecule has 0 amide bonds. The number of carbonyl (C=O) groups is 1. The van der Waals surface area contributed by atoms with Gasteiger partial charge in [0.1, 0.15) is 0 Å². The van der Waals surface area contributed by atoms with Crippen LogP contribution >= 0.6 is 22.9 Å². The van der Waals surface area contributed by atoms with Crippen molar-refractivity contribution >= 4 is 63.7 Å². The average Bonchev–Trinajstić information content (AvgIpc) is 3.44. The van der Waals surface area contributed by atoms with Gasteiger partial charge in [-0.25, -0.2) is 0 Å². The van der Waals surface area contributed by atoms with Crippen LogP contribution in [-0.2, 0) is 30.8 Å². The van der Waals surface area contributed by atoms with Crippen molar-refractivity contribution in [3.8, 4) is 16.2 Å². The van der Waals surface area contributed by atoms with E-state index < -0.39 is 21.7 Å². The number of aryl methyl sites for hydroxylation is 2. The van der Waals surface area contributed by atoms with E-state index in [4.69, 9.17) is 21.4 Å². The molecule has 0 aliphatic heterocycles. The summed E-state index contributed by atoms with van der Waals surface area (Å²) in [6.07, 6.45) is 4.99. The molecule has 3 heterocycles. The number of ether oxygens (including phenoxy) is 1. The van der Waals surface area contributed by atoms with Crippen molar-refractivity contribution in [2.75, 3.05) is 0 Å². The zero-order valence-corrected chi connectivity index (χ0v) is 22.9. The molecule has 186 valence electrons. The molecule has 5 aromatic rings. The summed E-state index contributed by atoms with van der Waals surface area (Å²) in [4.78, 5) is 22.4. The van der Waals surface area contributed by atoms with Crippen LogP contribution in [0.4, 0.5) is 4.39 Å². The average molecular weight is 597 g/mol. The molecule has 0 saturated carbocycles. The number of carboxylic acid groups (broad SMARTS) is 1. The maximum atomic E-state index is 13.4. The molecule has 0 bridgehead atoms. The molecule has 1 atom stereocenters. The van der Waals surface area contributed by atoms with Gasteiger partial charge in [0.2, 0.25) is 0 Å². The number of carboxylic acids is 1. The standard InChI is InChI=1S/C26H19AsClFN4O3S/c28-19-9-15(4-7-21(19)36-12-14-2-1-3-16(29)8-14)27-25-23-17-5-6-20-18(10-33(32-20)11-22(34)35)24(17)37-26(23)31-13-30-25/h1-4,7-10,13,27H,5-6,11-12H2,(H,34,35). The quantitative estimate of drug-likeness (QED) is 0.289. The van der Waals surface area contributed by atoms with Crippen LogP contribution in [0.15, 0.2) is 55.0 Å². The molecule has 1 N–H and O–H groups in total. The van der Waals surface area contributed by atoms with Crippen molar-refractivity contribution in [1.82, 2.24) is 19.7 Å². The zero-order chi connectivity index (χ0) is 25.5. The Kier molecular flexibility index (Phi) is 6.44. The van der Waals surface area contributed by atoms with Crippen LogP contribution < -0.4 is 13.6 Å². The fraction of sp³-hybridized carbons (Fsp3) is 0.154. The number of nitrogens with zero attached hydrogens (tertiary/aromatic N) is 4. The number of hydrogen-bond acceptors (Lipinski definition) is 6. The maximum absolute atomic E-state index is 13.4. The zero-order valence-electron chi connectivity index (χ0n) is 19.2. The van der Waals surface area contributed by atoms with Gasteiger partial charge in [-0.05, 0) is 0 Å². The molecular weight excluding hydrogens is 578 g/mol. The summed E-state index contributed by atoms with van der Waals surface area (Å²) < 4.78 is 22.9. The van der Waals surface area contributed by atoms with E-state index in [1.807, 2.05) is 24.4 Å². The molecule has 2 aromatic carbocycles. The number of benzene rings is 2. The van der Waals surface area contributed by atoms with Crippen molar-refractivity contribution in [1.29, 1.82) is 0 Å². The topological polar surface area (TPSA) is 90.1 Å². The van der Waals surface area contributed by atoms with Crippen LogP contribution in [0.3, 0.4) is 0 Å². The van der Waals surface area contributed by atoms with Crippen molar-refractivity contribution in [2.45, 2.75) is 26.0 Å². The number of hydrogen-bond donors (Lipinski definition) is 1. The molecule has 1 aliphatic rings. The van der Waals surface area contributed by atoms with Gasteiger partial charge in [0, 0.05) is 0 Å². The Hall–Kier alpha value is -3.26. The number of thiophene rings is 1. The Morgan fingerprint density at radius 1 is 1.22 bits per heavy atom. The second-order valence-electron chi connectivity index (χ2n) is 8.58. The van der Waals surface area contributed by atoms with E-state index in [-0.39, 0.29) is 19.0 Å². The van der Waals surface area contributed by atoms with Crippen molar-refractivity contribution in [3.63, 3.8) is 0 Å². The van der Waals surface area contributed by atoms with Gasteiger partial charge in [-0.3, -0.25) is 0 Å². The third-order valence-corrected chi connectivity index (χ3v) is 10.1. The molecule has 1 aliphatic carbocycles. The third kappa shape index (κ3) is 4.87. The molecule has 1 unspecified atom stereocenters. The Bertz CT molecular complexity index is 1670. The van der Waals surface area contributed by atoms with Crippen LogP contribution in [0.25, 0.3) is 20.7 Å². The summed E-state index contributed by atoms with van der Waals surface area (Å²) in [5.74, 6) is -0.669. The predicted molar refractivity (Wildman–Crippen MR) is 142 cm³/mol. The van der Waals surface area contributed by atoms with Crippen molar-refractivity contribution in [3.05, 3.63) is 82.6 Å². The first-order valence-corrected chi connectivity index (χ1v) is 14.7. The van der Waals surface area contributed by atoms with E-state index in [0.29, 0.717) is 10.8 Å². The molecule has 0 radical (unpaired) electrons. The van der Waals surface area contributed by atoms with Gasteiger partial charge in [0.25, 0.3) is 0 Å². The SMILES string of the molecule is O=C(O)Cn1cc2c(n1)CCc1c-2sc2ncnc([AsH]c3ccc(OCc4cccc(F)c4)c(Cl)c3)c12. The van der Waals surface area contributed by atoms with Gasteiger partial charge < -0.3 is 0 Å². The summed E-state index contributed by atoms with van der Waals surface area (Å²) >= 11 is 7.32. The fourth-order valence-corrected chi connectivity index (χ4v) is 8.76. The second-order valence-corrected chi connectivity index (χ2v) is 12.7. The first-order chi connectivity index (χ1) is 17.9. The van der Waals surface area contributed by atoms with Crippen LogP contribution in [0, 0.1) is 5.82 Å². The number of halogens is 2. The van der Waals surface area contributed by atoms with Crippen LogP contribution in [0.5, 0.6) is 5.75 Å². The van der Waals surface area contributed by atoms with Crippen molar-refractivity contribution in [2.24, 2.45) is 0 Å². The summed E-state index contributed by atoms with van der Waals surface area (Å²) in [6, 6.07) is 12.1. The van der Waals surface area contributed by atoms with Crippen LogP contribution in [-0.4, -0.2) is 46.6 Å². The van der Waals surface area contributed by atoms with Gasteiger partial charge in [-0.2, -0.15) is 0 Å². The molecular formula is C26H19AsClFN4O3S. The van der Waals surface area contributed by atoms with E-state index in [1.165, 1.54) is 22.4 Å². The van der Waals surface area contributed by atoms with E-state index in [1.54, 1.807) is 29.8 Å². The minimum atomic E-state index is -0.918. The van der Waals surface area contributed by atoms with E-state index in [2.05, 4.69) is 15.1 Å². The minimum absolute atomic E-state index is 0.160. The summed E-state index contributed by atoms with van der Waals surface area (Å²) in [5, 5.41) is 15.2. The van der Waals surface area contributed by atoms with E-state index in [0.717, 1.165) is 53.6 Å². The molecule has 6 rings (SSSR count). The monoisotopic (exact) mass is 596 g/mol. The van der Waals surface area contributed by atoms with Gasteiger partial charge in [0.15, 0.2) is 0 Å². The molecule has 0 fully saturated rings. The van der Waals surface area contributed by atoms with Gasteiger partial charge in [0.05, 0.1) is 0 Å². The summed E-state index contributed by atoms with van der Waals surface area (Å²) in [7, 11) is 0. The first-order valence-electron chi connectivity index (χ1n) is 11.4. The van der Waals surface area contributed by atoms with Gasteiger partial charge in [-0.1, -0.05) is 0 Å². The molecule has 0 spiro atoms. The fourth-order valence-electron chi connectivity index (χ4n) is 4.46. The Morgan fingerprint density at radius 2 is 2.11 bits per heavy atom.